The molecule has 0 aromatic rings. The minimum Gasteiger partial charge on any atom is -0.356 e. The van der Waals surface area contributed by atoms with Crippen molar-refractivity contribution in [2.24, 2.45) is 23.0 Å². The molecule has 2 saturated carbocycles. The Balaban J connectivity index is 1.80. The number of rotatable bonds is 3. The maximum Gasteiger partial charge on any atom is 0.223 e. The standard InChI is InChI=1S/C15H28N2O/c1-15(2)8-4-3-5-13(15)14(18)17-10-11-6-7-12(16)9-11/h11-13H,3-10,16H2,1-2H3,(H,17,18). The molecule has 2 aliphatic carbocycles. The minimum absolute atomic E-state index is 0.175. The van der Waals surface area contributed by atoms with E-state index in [1.165, 1.54) is 25.7 Å². The van der Waals surface area contributed by atoms with Gasteiger partial charge in [-0.2, -0.15) is 0 Å². The quantitative estimate of drug-likeness (QED) is 0.810. The highest BCUT2D eigenvalue weighted by atomic mass is 16.1. The first kappa shape index (κ1) is 13.9. The summed E-state index contributed by atoms with van der Waals surface area (Å²) in [6.07, 6.45) is 8.09. The molecule has 2 aliphatic rings. The molecule has 3 N–H and O–H groups in total. The summed E-state index contributed by atoms with van der Waals surface area (Å²) in [5.41, 5.74) is 6.08. The van der Waals surface area contributed by atoms with Gasteiger partial charge in [-0.05, 0) is 43.4 Å². The third-order valence-electron chi connectivity index (χ3n) is 4.97. The summed E-state index contributed by atoms with van der Waals surface area (Å²) in [6.45, 7) is 5.31. The first-order valence-electron chi connectivity index (χ1n) is 7.52. The van der Waals surface area contributed by atoms with Crippen LogP contribution in [0.4, 0.5) is 0 Å². The molecule has 0 bridgehead atoms. The summed E-state index contributed by atoms with van der Waals surface area (Å²) in [4.78, 5) is 12.3. The Morgan fingerprint density at radius 2 is 2.06 bits per heavy atom. The van der Waals surface area contributed by atoms with Crippen LogP contribution in [0.15, 0.2) is 0 Å². The molecule has 0 aromatic heterocycles. The van der Waals surface area contributed by atoms with Crippen LogP contribution in [0.25, 0.3) is 0 Å². The van der Waals surface area contributed by atoms with Crippen LogP contribution < -0.4 is 11.1 Å². The highest BCUT2D eigenvalue weighted by molar-refractivity contribution is 5.79. The highest BCUT2D eigenvalue weighted by Gasteiger charge is 2.37. The lowest BCUT2D eigenvalue weighted by Gasteiger charge is -2.37. The highest BCUT2D eigenvalue weighted by Crippen LogP contribution is 2.40. The maximum absolute atomic E-state index is 12.3. The molecule has 0 radical (unpaired) electrons. The van der Waals surface area contributed by atoms with Gasteiger partial charge in [-0.3, -0.25) is 4.79 Å². The van der Waals surface area contributed by atoms with Crippen LogP contribution in [-0.4, -0.2) is 18.5 Å². The molecule has 1 amide bonds. The maximum atomic E-state index is 12.3. The molecule has 0 aliphatic heterocycles. The van der Waals surface area contributed by atoms with Crippen LogP contribution >= 0.6 is 0 Å². The first-order chi connectivity index (χ1) is 8.49. The lowest BCUT2D eigenvalue weighted by Crippen LogP contribution is -2.42. The van der Waals surface area contributed by atoms with Gasteiger partial charge in [0.15, 0.2) is 0 Å². The van der Waals surface area contributed by atoms with E-state index in [0.717, 1.165) is 25.8 Å². The van der Waals surface area contributed by atoms with E-state index in [1.807, 2.05) is 0 Å². The fourth-order valence-electron chi connectivity index (χ4n) is 3.65. The fourth-order valence-corrected chi connectivity index (χ4v) is 3.65. The van der Waals surface area contributed by atoms with E-state index in [1.54, 1.807) is 0 Å². The molecule has 3 unspecified atom stereocenters. The molecule has 0 aromatic carbocycles. The molecule has 18 heavy (non-hydrogen) atoms. The monoisotopic (exact) mass is 252 g/mol. The number of carbonyl (C=O) groups excluding carboxylic acids is 1. The van der Waals surface area contributed by atoms with Gasteiger partial charge in [-0.25, -0.2) is 0 Å². The van der Waals surface area contributed by atoms with E-state index in [4.69, 9.17) is 5.73 Å². The smallest absolute Gasteiger partial charge is 0.223 e. The Hall–Kier alpha value is -0.570. The van der Waals surface area contributed by atoms with Crippen molar-refractivity contribution in [3.05, 3.63) is 0 Å². The Labute approximate surface area is 111 Å². The lowest BCUT2D eigenvalue weighted by molar-refractivity contribution is -0.130. The van der Waals surface area contributed by atoms with Gasteiger partial charge in [0.1, 0.15) is 0 Å². The van der Waals surface area contributed by atoms with Crippen molar-refractivity contribution >= 4 is 5.91 Å². The van der Waals surface area contributed by atoms with Crippen molar-refractivity contribution in [2.45, 2.75) is 64.8 Å². The summed E-state index contributed by atoms with van der Waals surface area (Å²) < 4.78 is 0. The summed E-state index contributed by atoms with van der Waals surface area (Å²) in [5, 5.41) is 3.18. The zero-order valence-corrected chi connectivity index (χ0v) is 11.9. The van der Waals surface area contributed by atoms with Crippen molar-refractivity contribution < 1.29 is 4.79 Å². The third-order valence-corrected chi connectivity index (χ3v) is 4.97. The summed E-state index contributed by atoms with van der Waals surface area (Å²) in [7, 11) is 0. The number of carbonyl (C=O) groups is 1. The Morgan fingerprint density at radius 1 is 1.28 bits per heavy atom. The Bertz CT molecular complexity index is 301. The van der Waals surface area contributed by atoms with E-state index in [9.17, 15) is 4.79 Å². The van der Waals surface area contributed by atoms with Crippen LogP contribution in [-0.2, 0) is 4.79 Å². The number of amides is 1. The summed E-state index contributed by atoms with van der Waals surface area (Å²) in [5.74, 6) is 1.09. The van der Waals surface area contributed by atoms with Gasteiger partial charge >= 0.3 is 0 Å². The largest absolute Gasteiger partial charge is 0.356 e. The van der Waals surface area contributed by atoms with Crippen molar-refractivity contribution in [2.75, 3.05) is 6.54 Å². The fraction of sp³-hybridized carbons (Fsp3) is 0.933. The van der Waals surface area contributed by atoms with Gasteiger partial charge in [-0.1, -0.05) is 26.7 Å². The second kappa shape index (κ2) is 5.60. The normalized spacial score (nSPS) is 35.4. The van der Waals surface area contributed by atoms with Gasteiger partial charge in [0, 0.05) is 18.5 Å². The molecule has 0 heterocycles. The van der Waals surface area contributed by atoms with E-state index >= 15 is 0 Å². The van der Waals surface area contributed by atoms with E-state index in [2.05, 4.69) is 19.2 Å². The SMILES string of the molecule is CC1(C)CCCCC1C(=O)NCC1CCC(N)C1. The molecule has 3 nitrogen and oxygen atoms in total. The number of nitrogens with two attached hydrogens (primary N) is 1. The topological polar surface area (TPSA) is 55.1 Å². The Morgan fingerprint density at radius 3 is 2.67 bits per heavy atom. The van der Waals surface area contributed by atoms with E-state index < -0.39 is 0 Å². The van der Waals surface area contributed by atoms with Crippen LogP contribution in [0.3, 0.4) is 0 Å². The van der Waals surface area contributed by atoms with Crippen molar-refractivity contribution in [3.63, 3.8) is 0 Å². The molecule has 104 valence electrons. The van der Waals surface area contributed by atoms with Crippen molar-refractivity contribution in [1.82, 2.24) is 5.32 Å². The zero-order valence-electron chi connectivity index (χ0n) is 11.9. The summed E-state index contributed by atoms with van der Waals surface area (Å²) >= 11 is 0. The average Bonchev–Trinajstić information content (AvgIpc) is 2.71. The molecular formula is C15H28N2O. The predicted octanol–water partition coefficient (Wildman–Crippen LogP) is 2.45. The second-order valence-electron chi connectivity index (χ2n) is 6.97. The lowest BCUT2D eigenvalue weighted by atomic mass is 9.68. The molecule has 0 spiro atoms. The number of hydrogen-bond acceptors (Lipinski definition) is 2. The van der Waals surface area contributed by atoms with E-state index in [-0.39, 0.29) is 17.2 Å². The van der Waals surface area contributed by atoms with Gasteiger partial charge in [-0.15, -0.1) is 0 Å². The number of nitrogens with one attached hydrogen (secondary N) is 1. The van der Waals surface area contributed by atoms with Crippen LogP contribution in [0.5, 0.6) is 0 Å². The van der Waals surface area contributed by atoms with Gasteiger partial charge < -0.3 is 11.1 Å². The molecule has 2 fully saturated rings. The first-order valence-corrected chi connectivity index (χ1v) is 7.52. The molecule has 2 rings (SSSR count). The predicted molar refractivity (Wildman–Crippen MR) is 74.1 cm³/mol. The van der Waals surface area contributed by atoms with Crippen LogP contribution in [0, 0.1) is 17.3 Å². The summed E-state index contributed by atoms with van der Waals surface area (Å²) in [6, 6.07) is 0.359. The molecule has 3 heteroatoms. The van der Waals surface area contributed by atoms with Gasteiger partial charge in [0.05, 0.1) is 0 Å². The molecule has 3 atom stereocenters. The molecular weight excluding hydrogens is 224 g/mol. The van der Waals surface area contributed by atoms with Gasteiger partial charge in [0.2, 0.25) is 5.91 Å². The number of hydrogen-bond donors (Lipinski definition) is 2. The minimum atomic E-state index is 0.175. The second-order valence-corrected chi connectivity index (χ2v) is 6.97. The zero-order chi connectivity index (χ0) is 13.2. The third kappa shape index (κ3) is 3.25. The van der Waals surface area contributed by atoms with E-state index in [0.29, 0.717) is 12.0 Å². The molecule has 0 saturated heterocycles. The average molecular weight is 252 g/mol. The van der Waals surface area contributed by atoms with Crippen molar-refractivity contribution in [1.29, 1.82) is 0 Å². The van der Waals surface area contributed by atoms with Crippen molar-refractivity contribution in [3.8, 4) is 0 Å². The van der Waals surface area contributed by atoms with Gasteiger partial charge in [0.25, 0.3) is 0 Å². The van der Waals surface area contributed by atoms with Crippen LogP contribution in [0.1, 0.15) is 58.8 Å². The Kier molecular flexibility index (Phi) is 4.31. The van der Waals surface area contributed by atoms with Crippen LogP contribution in [0.2, 0.25) is 0 Å².